The summed E-state index contributed by atoms with van der Waals surface area (Å²) in [6.45, 7) is 3.04. The van der Waals surface area contributed by atoms with Crippen LogP contribution in [0.5, 0.6) is 0 Å². The maximum Gasteiger partial charge on any atom is 0.123 e. The molecule has 1 atom stereocenters. The van der Waals surface area contributed by atoms with Crippen molar-refractivity contribution in [2.75, 3.05) is 6.54 Å². The van der Waals surface area contributed by atoms with Gasteiger partial charge in [-0.15, -0.1) is 0 Å². The van der Waals surface area contributed by atoms with Crippen LogP contribution in [0.4, 0.5) is 4.39 Å². The standard InChI is InChI=1S/C16H16FN/c1-11-5-6-12-7-8-18-16(15(12)9-11)13-3-2-4-14(17)10-13/h2-6,9-10,16,18H,7-8H2,1H3. The molecule has 18 heavy (non-hydrogen) atoms. The van der Waals surface area contributed by atoms with Crippen molar-refractivity contribution in [3.63, 3.8) is 0 Å². The Balaban J connectivity index is 2.08. The van der Waals surface area contributed by atoms with Gasteiger partial charge in [0.05, 0.1) is 6.04 Å². The Kier molecular flexibility index (Phi) is 2.88. The molecule has 2 heteroatoms. The van der Waals surface area contributed by atoms with Crippen molar-refractivity contribution >= 4 is 0 Å². The van der Waals surface area contributed by atoms with Crippen LogP contribution in [0.25, 0.3) is 0 Å². The summed E-state index contributed by atoms with van der Waals surface area (Å²) in [5.41, 5.74) is 4.90. The van der Waals surface area contributed by atoms with Crippen molar-refractivity contribution in [2.24, 2.45) is 0 Å². The van der Waals surface area contributed by atoms with Crippen LogP contribution in [-0.4, -0.2) is 6.54 Å². The van der Waals surface area contributed by atoms with Gasteiger partial charge in [0.1, 0.15) is 5.82 Å². The van der Waals surface area contributed by atoms with E-state index >= 15 is 0 Å². The number of fused-ring (bicyclic) bond motifs is 1. The van der Waals surface area contributed by atoms with Crippen LogP contribution < -0.4 is 5.32 Å². The van der Waals surface area contributed by atoms with Crippen LogP contribution in [0.15, 0.2) is 42.5 Å². The van der Waals surface area contributed by atoms with E-state index in [0.717, 1.165) is 18.5 Å². The van der Waals surface area contributed by atoms with Crippen molar-refractivity contribution in [2.45, 2.75) is 19.4 Å². The third-order valence-electron chi connectivity index (χ3n) is 3.54. The summed E-state index contributed by atoms with van der Waals surface area (Å²) in [6, 6.07) is 13.5. The second-order valence-corrected chi connectivity index (χ2v) is 4.89. The first-order valence-electron chi connectivity index (χ1n) is 6.32. The smallest absolute Gasteiger partial charge is 0.123 e. The second-order valence-electron chi connectivity index (χ2n) is 4.89. The summed E-state index contributed by atoms with van der Waals surface area (Å²) in [7, 11) is 0. The molecule has 2 aromatic rings. The summed E-state index contributed by atoms with van der Waals surface area (Å²) >= 11 is 0. The normalized spacial score (nSPS) is 18.4. The number of hydrogen-bond donors (Lipinski definition) is 1. The van der Waals surface area contributed by atoms with Gasteiger partial charge in [0, 0.05) is 6.54 Å². The van der Waals surface area contributed by atoms with Gasteiger partial charge >= 0.3 is 0 Å². The highest BCUT2D eigenvalue weighted by molar-refractivity contribution is 5.41. The zero-order chi connectivity index (χ0) is 12.5. The molecule has 1 aliphatic heterocycles. The van der Waals surface area contributed by atoms with Crippen LogP contribution in [0.1, 0.15) is 28.3 Å². The molecule has 1 nitrogen and oxygen atoms in total. The molecule has 92 valence electrons. The van der Waals surface area contributed by atoms with Gasteiger partial charge < -0.3 is 5.32 Å². The lowest BCUT2D eigenvalue weighted by Gasteiger charge is -2.27. The average molecular weight is 241 g/mol. The first kappa shape index (κ1) is 11.4. The molecule has 0 saturated carbocycles. The maximum atomic E-state index is 13.3. The number of rotatable bonds is 1. The molecule has 0 radical (unpaired) electrons. The van der Waals surface area contributed by atoms with E-state index in [-0.39, 0.29) is 11.9 Å². The van der Waals surface area contributed by atoms with Gasteiger partial charge in [0.25, 0.3) is 0 Å². The first-order valence-corrected chi connectivity index (χ1v) is 6.32. The molecular weight excluding hydrogens is 225 g/mol. The van der Waals surface area contributed by atoms with Crippen LogP contribution in [0.3, 0.4) is 0 Å². The SMILES string of the molecule is Cc1ccc2c(c1)C(c1cccc(F)c1)NCC2. The van der Waals surface area contributed by atoms with Gasteiger partial charge in [-0.25, -0.2) is 4.39 Å². The number of hydrogen-bond acceptors (Lipinski definition) is 1. The molecule has 0 spiro atoms. The van der Waals surface area contributed by atoms with Crippen LogP contribution >= 0.6 is 0 Å². The number of benzene rings is 2. The summed E-state index contributed by atoms with van der Waals surface area (Å²) in [5.74, 6) is -0.172. The molecule has 1 unspecified atom stereocenters. The van der Waals surface area contributed by atoms with E-state index in [0.29, 0.717) is 0 Å². The third-order valence-corrected chi connectivity index (χ3v) is 3.54. The number of nitrogens with one attached hydrogen (secondary N) is 1. The largest absolute Gasteiger partial charge is 0.306 e. The number of halogens is 1. The molecule has 2 aromatic carbocycles. The highest BCUT2D eigenvalue weighted by Gasteiger charge is 2.21. The molecular formula is C16H16FN. The van der Waals surface area contributed by atoms with Crippen LogP contribution in [0, 0.1) is 12.7 Å². The van der Waals surface area contributed by atoms with E-state index in [2.05, 4.69) is 30.4 Å². The lowest BCUT2D eigenvalue weighted by atomic mass is 9.89. The topological polar surface area (TPSA) is 12.0 Å². The Hall–Kier alpha value is -1.67. The Morgan fingerprint density at radius 2 is 2.06 bits per heavy atom. The first-order chi connectivity index (χ1) is 8.74. The molecule has 3 rings (SSSR count). The van der Waals surface area contributed by atoms with Gasteiger partial charge in [-0.2, -0.15) is 0 Å². The number of aryl methyl sites for hydroxylation is 1. The molecule has 0 saturated heterocycles. The summed E-state index contributed by atoms with van der Waals surface area (Å²) in [4.78, 5) is 0. The Labute approximate surface area is 107 Å². The molecule has 0 aliphatic carbocycles. The molecule has 0 amide bonds. The van der Waals surface area contributed by atoms with Gasteiger partial charge in [0.15, 0.2) is 0 Å². The van der Waals surface area contributed by atoms with Gasteiger partial charge in [-0.3, -0.25) is 0 Å². The van der Waals surface area contributed by atoms with Gasteiger partial charge in [-0.05, 0) is 42.2 Å². The summed E-state index contributed by atoms with van der Waals surface area (Å²) in [5, 5.41) is 3.48. The van der Waals surface area contributed by atoms with Crippen LogP contribution in [-0.2, 0) is 6.42 Å². The van der Waals surface area contributed by atoms with Crippen LogP contribution in [0.2, 0.25) is 0 Å². The quantitative estimate of drug-likeness (QED) is 0.807. The van der Waals surface area contributed by atoms with Crippen molar-refractivity contribution < 1.29 is 4.39 Å². The third kappa shape index (κ3) is 2.04. The minimum absolute atomic E-state index is 0.115. The van der Waals surface area contributed by atoms with E-state index in [1.54, 1.807) is 12.1 Å². The van der Waals surface area contributed by atoms with Crippen molar-refractivity contribution in [1.29, 1.82) is 0 Å². The zero-order valence-corrected chi connectivity index (χ0v) is 10.4. The minimum Gasteiger partial charge on any atom is -0.306 e. The summed E-state index contributed by atoms with van der Waals surface area (Å²) < 4.78 is 13.3. The predicted octanol–water partition coefficient (Wildman–Crippen LogP) is 3.37. The molecule has 1 aliphatic rings. The molecule has 0 bridgehead atoms. The Morgan fingerprint density at radius 3 is 2.89 bits per heavy atom. The molecule has 0 fully saturated rings. The van der Waals surface area contributed by atoms with Gasteiger partial charge in [-0.1, -0.05) is 35.9 Å². The van der Waals surface area contributed by atoms with Crippen molar-refractivity contribution in [3.8, 4) is 0 Å². The highest BCUT2D eigenvalue weighted by Crippen LogP contribution is 2.29. The van der Waals surface area contributed by atoms with Gasteiger partial charge in [0.2, 0.25) is 0 Å². The lowest BCUT2D eigenvalue weighted by Crippen LogP contribution is -2.30. The molecule has 1 N–H and O–H groups in total. The van der Waals surface area contributed by atoms with E-state index in [9.17, 15) is 4.39 Å². The van der Waals surface area contributed by atoms with E-state index in [4.69, 9.17) is 0 Å². The lowest BCUT2D eigenvalue weighted by molar-refractivity contribution is 0.560. The van der Waals surface area contributed by atoms with Crippen molar-refractivity contribution in [1.82, 2.24) is 5.32 Å². The predicted molar refractivity (Wildman–Crippen MR) is 71.1 cm³/mol. The average Bonchev–Trinajstić information content (AvgIpc) is 2.38. The minimum atomic E-state index is -0.172. The second kappa shape index (κ2) is 4.54. The monoisotopic (exact) mass is 241 g/mol. The van der Waals surface area contributed by atoms with Crippen molar-refractivity contribution in [3.05, 3.63) is 70.5 Å². The fourth-order valence-electron chi connectivity index (χ4n) is 2.66. The molecule has 0 aromatic heterocycles. The maximum absolute atomic E-state index is 13.3. The molecule has 1 heterocycles. The van der Waals surface area contributed by atoms with E-state index < -0.39 is 0 Å². The van der Waals surface area contributed by atoms with E-state index in [1.807, 2.05) is 6.07 Å². The Morgan fingerprint density at radius 1 is 1.17 bits per heavy atom. The summed E-state index contributed by atoms with van der Waals surface area (Å²) in [6.07, 6.45) is 1.04. The Bertz CT molecular complexity index is 577. The van der Waals surface area contributed by atoms with E-state index in [1.165, 1.54) is 22.8 Å². The fourth-order valence-corrected chi connectivity index (χ4v) is 2.66. The highest BCUT2D eigenvalue weighted by atomic mass is 19.1. The zero-order valence-electron chi connectivity index (χ0n) is 10.4. The fraction of sp³-hybridized carbons (Fsp3) is 0.250.